The summed E-state index contributed by atoms with van der Waals surface area (Å²) in [5.41, 5.74) is 11.9. The number of carbonyl (C=O) groups is 4. The third-order valence-corrected chi connectivity index (χ3v) is 8.83. The van der Waals surface area contributed by atoms with Crippen LogP contribution in [0.25, 0.3) is 0 Å². The number of aryl methyl sites for hydroxylation is 2. The van der Waals surface area contributed by atoms with Gasteiger partial charge in [-0.15, -0.1) is 0 Å². The zero-order valence-corrected chi connectivity index (χ0v) is 29.5. The molecule has 2 atom stereocenters. The van der Waals surface area contributed by atoms with E-state index in [4.69, 9.17) is 0 Å². The summed E-state index contributed by atoms with van der Waals surface area (Å²) in [4.78, 5) is 50.8. The number of hydrazine groups is 2. The van der Waals surface area contributed by atoms with E-state index >= 15 is 0 Å². The van der Waals surface area contributed by atoms with Crippen LogP contribution in [0.2, 0.25) is 0 Å². The van der Waals surface area contributed by atoms with E-state index in [9.17, 15) is 29.4 Å². The molecule has 2 rings (SSSR count). The third-order valence-electron chi connectivity index (χ3n) is 8.83. The summed E-state index contributed by atoms with van der Waals surface area (Å²) in [5.74, 6) is -2.46. The van der Waals surface area contributed by atoms with Crippen LogP contribution in [0.15, 0.2) is 36.4 Å². The molecule has 0 aliphatic heterocycles. The fourth-order valence-electron chi connectivity index (χ4n) is 5.72. The maximum atomic E-state index is 12.8. The highest BCUT2D eigenvalue weighted by atomic mass is 16.3. The molecular weight excluding hydrogens is 608 g/mol. The van der Waals surface area contributed by atoms with Crippen LogP contribution in [0.1, 0.15) is 149 Å². The lowest BCUT2D eigenvalue weighted by Gasteiger charge is -2.16. The number of benzene rings is 2. The second-order valence-corrected chi connectivity index (χ2v) is 12.9. The molecule has 4 amide bonds. The number of phenolic OH excluding ortho intramolecular Hbond substituents is 2. The molecule has 2 aromatic carbocycles. The zero-order chi connectivity index (χ0) is 35.3. The molecule has 10 nitrogen and oxygen atoms in total. The van der Waals surface area contributed by atoms with Gasteiger partial charge in [-0.3, -0.25) is 40.9 Å². The molecule has 0 spiro atoms. The molecule has 266 valence electrons. The first-order valence-corrected chi connectivity index (χ1v) is 17.9. The fourth-order valence-corrected chi connectivity index (χ4v) is 5.72. The van der Waals surface area contributed by atoms with Crippen LogP contribution in [0, 0.1) is 11.8 Å². The van der Waals surface area contributed by atoms with Crippen molar-refractivity contribution >= 4 is 23.6 Å². The molecule has 0 saturated carbocycles. The lowest BCUT2D eigenvalue weighted by Crippen LogP contribution is -2.44. The van der Waals surface area contributed by atoms with Crippen molar-refractivity contribution in [1.82, 2.24) is 21.7 Å². The summed E-state index contributed by atoms with van der Waals surface area (Å²) in [6, 6.07) is 10.1. The van der Waals surface area contributed by atoms with E-state index in [0.717, 1.165) is 88.2 Å². The number of rotatable bonds is 21. The average molecular weight is 667 g/mol. The Balaban J connectivity index is 1.67. The van der Waals surface area contributed by atoms with Crippen molar-refractivity contribution in [1.29, 1.82) is 0 Å². The van der Waals surface area contributed by atoms with Gasteiger partial charge in [0.2, 0.25) is 11.8 Å². The van der Waals surface area contributed by atoms with Crippen molar-refractivity contribution in [2.24, 2.45) is 11.8 Å². The van der Waals surface area contributed by atoms with Gasteiger partial charge in [0.05, 0.1) is 11.1 Å². The lowest BCUT2D eigenvalue weighted by molar-refractivity contribution is -0.126. The van der Waals surface area contributed by atoms with E-state index < -0.39 is 11.8 Å². The summed E-state index contributed by atoms with van der Waals surface area (Å²) < 4.78 is 0. The monoisotopic (exact) mass is 666 g/mol. The Hall–Kier alpha value is -4.08. The molecule has 0 aliphatic carbocycles. The Morgan fingerprint density at radius 2 is 0.917 bits per heavy atom. The number of amides is 4. The quantitative estimate of drug-likeness (QED) is 0.0612. The zero-order valence-electron chi connectivity index (χ0n) is 29.5. The molecule has 48 heavy (non-hydrogen) atoms. The Bertz CT molecular complexity index is 1210. The number of nitrogens with one attached hydrogen (secondary N) is 4. The van der Waals surface area contributed by atoms with Crippen LogP contribution in [0.3, 0.4) is 0 Å². The first kappa shape index (κ1) is 40.1. The normalized spacial score (nSPS) is 12.2. The Kier molecular flexibility index (Phi) is 18.8. The summed E-state index contributed by atoms with van der Waals surface area (Å²) in [5, 5.41) is 20.6. The van der Waals surface area contributed by atoms with E-state index in [1.807, 2.05) is 26.0 Å². The van der Waals surface area contributed by atoms with Crippen LogP contribution in [-0.2, 0) is 22.4 Å². The average Bonchev–Trinajstić information content (AvgIpc) is 3.07. The smallest absolute Gasteiger partial charge is 0.273 e. The maximum absolute atomic E-state index is 12.8. The van der Waals surface area contributed by atoms with Gasteiger partial charge in [0, 0.05) is 11.8 Å². The second-order valence-electron chi connectivity index (χ2n) is 12.9. The van der Waals surface area contributed by atoms with Gasteiger partial charge >= 0.3 is 0 Å². The maximum Gasteiger partial charge on any atom is 0.273 e. The van der Waals surface area contributed by atoms with E-state index in [0.29, 0.717) is 25.7 Å². The van der Waals surface area contributed by atoms with E-state index in [1.165, 1.54) is 12.1 Å². The SMILES string of the molecule is CCCCCCc1cccc(O)c1C(=O)NNC(=O)C(C)CCCCCCC(C)C(=O)NNC(=O)c1c(O)cccc1CCCCCC. The predicted molar refractivity (Wildman–Crippen MR) is 189 cm³/mol. The number of aromatic hydroxyl groups is 2. The molecule has 2 aromatic rings. The third kappa shape index (κ3) is 14.0. The first-order valence-electron chi connectivity index (χ1n) is 17.9. The highest BCUT2D eigenvalue weighted by molar-refractivity contribution is 6.00. The topological polar surface area (TPSA) is 157 Å². The predicted octanol–water partition coefficient (Wildman–Crippen LogP) is 7.18. The van der Waals surface area contributed by atoms with Crippen molar-refractivity contribution in [3.05, 3.63) is 58.7 Å². The van der Waals surface area contributed by atoms with Gasteiger partial charge in [-0.25, -0.2) is 0 Å². The van der Waals surface area contributed by atoms with E-state index in [2.05, 4.69) is 35.6 Å². The molecule has 0 saturated heterocycles. The highest BCUT2D eigenvalue weighted by Gasteiger charge is 2.20. The molecule has 0 aromatic heterocycles. The minimum absolute atomic E-state index is 0.103. The number of hydrogen-bond donors (Lipinski definition) is 6. The van der Waals surface area contributed by atoms with Crippen molar-refractivity contribution < 1.29 is 29.4 Å². The minimum Gasteiger partial charge on any atom is -0.507 e. The van der Waals surface area contributed by atoms with E-state index in [1.54, 1.807) is 12.1 Å². The second kappa shape index (κ2) is 22.5. The van der Waals surface area contributed by atoms with Crippen LogP contribution in [0.5, 0.6) is 11.5 Å². The highest BCUT2D eigenvalue weighted by Crippen LogP contribution is 2.24. The van der Waals surface area contributed by atoms with Gasteiger partial charge in [-0.1, -0.05) is 116 Å². The van der Waals surface area contributed by atoms with Crippen LogP contribution < -0.4 is 21.7 Å². The minimum atomic E-state index is -0.530. The van der Waals surface area contributed by atoms with Gasteiger partial charge < -0.3 is 10.2 Å². The van der Waals surface area contributed by atoms with Crippen LogP contribution in [-0.4, -0.2) is 33.8 Å². The standard InChI is InChI=1S/C38H58N4O6/c1-5-7-9-15-21-29-23-17-25-31(43)33(29)37(47)41-39-35(45)27(3)19-13-11-12-14-20-28(4)36(46)40-42-38(48)34-30(22-16-10-8-6-2)24-18-26-32(34)44/h17-18,23-28,43-44H,5-16,19-22H2,1-4H3,(H,39,45)(H,40,46)(H,41,47)(H,42,48). The van der Waals surface area contributed by atoms with Crippen LogP contribution >= 0.6 is 0 Å². The van der Waals surface area contributed by atoms with Gasteiger partial charge in [-0.2, -0.15) is 0 Å². The molecule has 0 aliphatic rings. The van der Waals surface area contributed by atoms with Crippen molar-refractivity contribution in [3.8, 4) is 11.5 Å². The molecule has 6 N–H and O–H groups in total. The number of phenols is 2. The summed E-state index contributed by atoms with van der Waals surface area (Å²) in [6.07, 6.45) is 14.5. The van der Waals surface area contributed by atoms with E-state index in [-0.39, 0.29) is 46.3 Å². The number of hydrogen-bond acceptors (Lipinski definition) is 6. The molecular formula is C38H58N4O6. The summed E-state index contributed by atoms with van der Waals surface area (Å²) >= 11 is 0. The first-order chi connectivity index (χ1) is 23.1. The lowest BCUT2D eigenvalue weighted by atomic mass is 9.98. The molecule has 0 bridgehead atoms. The summed E-state index contributed by atoms with van der Waals surface area (Å²) in [6.45, 7) is 7.90. The molecule has 0 radical (unpaired) electrons. The van der Waals surface area contributed by atoms with Crippen LogP contribution in [0.4, 0.5) is 0 Å². The molecule has 0 heterocycles. The number of unbranched alkanes of at least 4 members (excludes halogenated alkanes) is 9. The van der Waals surface area contributed by atoms with Gasteiger partial charge in [0.25, 0.3) is 11.8 Å². The molecule has 0 fully saturated rings. The number of carbonyl (C=O) groups excluding carboxylic acids is 4. The Morgan fingerprint density at radius 3 is 1.29 bits per heavy atom. The summed E-state index contributed by atoms with van der Waals surface area (Å²) in [7, 11) is 0. The van der Waals surface area contributed by atoms with Gasteiger partial charge in [-0.05, 0) is 61.8 Å². The Morgan fingerprint density at radius 1 is 0.542 bits per heavy atom. The molecule has 2 unspecified atom stereocenters. The largest absolute Gasteiger partial charge is 0.507 e. The fraction of sp³-hybridized carbons (Fsp3) is 0.579. The van der Waals surface area contributed by atoms with Crippen molar-refractivity contribution in [2.45, 2.75) is 130 Å². The Labute approximate surface area is 286 Å². The van der Waals surface area contributed by atoms with Gasteiger partial charge in [0.1, 0.15) is 11.5 Å². The van der Waals surface area contributed by atoms with Crippen molar-refractivity contribution in [2.75, 3.05) is 0 Å². The molecule has 10 heteroatoms. The van der Waals surface area contributed by atoms with Gasteiger partial charge in [0.15, 0.2) is 0 Å². The van der Waals surface area contributed by atoms with Crippen molar-refractivity contribution in [3.63, 3.8) is 0 Å².